The topological polar surface area (TPSA) is 76.0 Å². The van der Waals surface area contributed by atoms with Gasteiger partial charge in [0.05, 0.1) is 12.1 Å². The van der Waals surface area contributed by atoms with E-state index in [1.807, 2.05) is 43.3 Å². The van der Waals surface area contributed by atoms with Gasteiger partial charge < -0.3 is 10.6 Å². The molecule has 0 fully saturated rings. The summed E-state index contributed by atoms with van der Waals surface area (Å²) in [5, 5.41) is 10.9. The highest BCUT2D eigenvalue weighted by Gasteiger charge is 2.34. The van der Waals surface area contributed by atoms with E-state index in [4.69, 9.17) is 11.6 Å². The van der Waals surface area contributed by atoms with E-state index in [1.54, 1.807) is 22.9 Å². The fraction of sp³-hybridized carbons (Fsp3) is 0.150. The van der Waals surface area contributed by atoms with E-state index in [2.05, 4.69) is 15.7 Å². The Bertz CT molecular complexity index is 1030. The molecule has 2 N–H and O–H groups in total. The minimum atomic E-state index is -0.722. The lowest BCUT2D eigenvalue weighted by Gasteiger charge is -2.24. The van der Waals surface area contributed by atoms with Crippen LogP contribution < -0.4 is 10.6 Å². The van der Waals surface area contributed by atoms with Crippen LogP contribution in [0.1, 0.15) is 18.0 Å². The number of fused-ring (bicyclic) bond motifs is 1. The number of carbonyl (C=O) groups excluding carboxylic acids is 2. The Balaban J connectivity index is 1.72. The van der Waals surface area contributed by atoms with E-state index < -0.39 is 6.04 Å². The van der Waals surface area contributed by atoms with Crippen LogP contribution in [0.4, 0.5) is 11.5 Å². The molecule has 2 heterocycles. The van der Waals surface area contributed by atoms with Crippen molar-refractivity contribution >= 4 is 34.9 Å². The molecule has 0 radical (unpaired) electrons. The number of carbonyl (C=O) groups is 2. The van der Waals surface area contributed by atoms with Crippen LogP contribution in [0, 0.1) is 6.92 Å². The molecule has 0 aliphatic carbocycles. The van der Waals surface area contributed by atoms with Gasteiger partial charge >= 0.3 is 0 Å². The van der Waals surface area contributed by atoms with Crippen LogP contribution in [-0.2, 0) is 9.59 Å². The number of nitrogens with zero attached hydrogens (tertiary/aromatic N) is 2. The Hall–Kier alpha value is -3.12. The summed E-state index contributed by atoms with van der Waals surface area (Å²) in [4.78, 5) is 25.0. The molecule has 27 heavy (non-hydrogen) atoms. The number of anilines is 2. The zero-order valence-electron chi connectivity index (χ0n) is 14.6. The summed E-state index contributed by atoms with van der Waals surface area (Å²) in [6.45, 7) is 1.87. The number of halogens is 1. The fourth-order valence-electron chi connectivity index (χ4n) is 3.20. The van der Waals surface area contributed by atoms with Gasteiger partial charge in [-0.05, 0) is 31.2 Å². The van der Waals surface area contributed by atoms with Crippen molar-refractivity contribution < 1.29 is 9.59 Å². The Morgan fingerprint density at radius 2 is 2.00 bits per heavy atom. The quantitative estimate of drug-likeness (QED) is 0.720. The van der Waals surface area contributed by atoms with E-state index in [0.717, 1.165) is 11.1 Å². The van der Waals surface area contributed by atoms with E-state index in [9.17, 15) is 9.59 Å². The molecule has 3 aromatic rings. The molecule has 6 nitrogen and oxygen atoms in total. The summed E-state index contributed by atoms with van der Waals surface area (Å²) in [5.41, 5.74) is 2.99. The molecule has 0 saturated heterocycles. The molecule has 7 heteroatoms. The van der Waals surface area contributed by atoms with Gasteiger partial charge in [-0.15, -0.1) is 0 Å². The molecule has 1 aliphatic heterocycles. The van der Waals surface area contributed by atoms with E-state index in [-0.39, 0.29) is 18.2 Å². The Labute approximate surface area is 161 Å². The van der Waals surface area contributed by atoms with Crippen LogP contribution in [-0.4, -0.2) is 21.6 Å². The predicted molar refractivity (Wildman–Crippen MR) is 105 cm³/mol. The van der Waals surface area contributed by atoms with Crippen molar-refractivity contribution in [1.82, 2.24) is 9.78 Å². The third kappa shape index (κ3) is 3.31. The average Bonchev–Trinajstić information content (AvgIpc) is 2.98. The van der Waals surface area contributed by atoms with Gasteiger partial charge in [-0.25, -0.2) is 4.68 Å². The lowest BCUT2D eigenvalue weighted by Crippen LogP contribution is -2.35. The number of hydrogen-bond acceptors (Lipinski definition) is 3. The third-order valence-electron chi connectivity index (χ3n) is 4.52. The van der Waals surface area contributed by atoms with Crippen molar-refractivity contribution in [3.05, 3.63) is 65.2 Å². The van der Waals surface area contributed by atoms with Crippen molar-refractivity contribution in [2.75, 3.05) is 10.6 Å². The van der Waals surface area contributed by atoms with Gasteiger partial charge in [-0.3, -0.25) is 9.59 Å². The Morgan fingerprint density at radius 3 is 2.74 bits per heavy atom. The summed E-state index contributed by atoms with van der Waals surface area (Å²) in [5.74, 6) is 0.0447. The van der Waals surface area contributed by atoms with Gasteiger partial charge in [-0.2, -0.15) is 5.10 Å². The van der Waals surface area contributed by atoms with Gasteiger partial charge in [0.2, 0.25) is 11.8 Å². The number of aromatic nitrogens is 2. The predicted octanol–water partition coefficient (Wildman–Crippen LogP) is 4.03. The molecule has 0 spiro atoms. The minimum absolute atomic E-state index is 0.0295. The average molecular weight is 381 g/mol. The molecule has 1 aliphatic rings. The molecule has 0 saturated carbocycles. The Morgan fingerprint density at radius 1 is 1.22 bits per heavy atom. The van der Waals surface area contributed by atoms with Crippen molar-refractivity contribution in [2.24, 2.45) is 0 Å². The second-order valence-electron chi connectivity index (χ2n) is 6.40. The highest BCUT2D eigenvalue weighted by atomic mass is 35.5. The molecule has 1 aromatic heterocycles. The molecule has 2 amide bonds. The molecule has 2 aromatic carbocycles. The molecular formula is C20H17ClN4O2. The first-order valence-corrected chi connectivity index (χ1v) is 8.91. The summed E-state index contributed by atoms with van der Waals surface area (Å²) >= 11 is 6.10. The molecule has 4 rings (SSSR count). The molecular weight excluding hydrogens is 364 g/mol. The first kappa shape index (κ1) is 17.3. The zero-order valence-corrected chi connectivity index (χ0v) is 15.3. The number of para-hydroxylation sites is 1. The highest BCUT2D eigenvalue weighted by molar-refractivity contribution is 6.30. The number of hydrogen-bond donors (Lipinski definition) is 2. The summed E-state index contributed by atoms with van der Waals surface area (Å²) < 4.78 is 1.59. The third-order valence-corrected chi connectivity index (χ3v) is 4.76. The monoisotopic (exact) mass is 380 g/mol. The smallest absolute Gasteiger partial charge is 0.249 e. The first-order chi connectivity index (χ1) is 13.0. The van der Waals surface area contributed by atoms with Crippen LogP contribution in [0.15, 0.2) is 54.6 Å². The summed E-state index contributed by atoms with van der Waals surface area (Å²) in [6.07, 6.45) is 0.0295. The van der Waals surface area contributed by atoms with Gasteiger partial charge in [0.15, 0.2) is 0 Å². The van der Waals surface area contributed by atoms with E-state index >= 15 is 0 Å². The van der Waals surface area contributed by atoms with Crippen LogP contribution in [0.2, 0.25) is 5.02 Å². The van der Waals surface area contributed by atoms with Gasteiger partial charge in [0, 0.05) is 21.8 Å². The highest BCUT2D eigenvalue weighted by Crippen LogP contribution is 2.35. The maximum absolute atomic E-state index is 12.8. The summed E-state index contributed by atoms with van der Waals surface area (Å²) in [7, 11) is 0. The first-order valence-electron chi connectivity index (χ1n) is 8.54. The van der Waals surface area contributed by atoms with Gasteiger partial charge in [0.1, 0.15) is 11.9 Å². The molecule has 1 atom stereocenters. The lowest BCUT2D eigenvalue weighted by atomic mass is 10.1. The maximum Gasteiger partial charge on any atom is 0.249 e. The molecule has 1 unspecified atom stereocenters. The SMILES string of the molecule is Cc1c(-c2cccc(Cl)c2)nn2c1NC(=O)CC2C(=O)Nc1ccccc1. The van der Waals surface area contributed by atoms with E-state index in [0.29, 0.717) is 22.2 Å². The van der Waals surface area contributed by atoms with Crippen LogP contribution in [0.25, 0.3) is 11.3 Å². The number of amides is 2. The zero-order chi connectivity index (χ0) is 19.0. The van der Waals surface area contributed by atoms with Crippen molar-refractivity contribution in [3.8, 4) is 11.3 Å². The van der Waals surface area contributed by atoms with Crippen LogP contribution >= 0.6 is 11.6 Å². The summed E-state index contributed by atoms with van der Waals surface area (Å²) in [6, 6.07) is 15.8. The van der Waals surface area contributed by atoms with Crippen molar-refractivity contribution in [2.45, 2.75) is 19.4 Å². The minimum Gasteiger partial charge on any atom is -0.324 e. The normalized spacial score (nSPS) is 15.8. The standard InChI is InChI=1S/C20H17ClN4O2/c1-12-18(13-6-5-7-14(21)10-13)24-25-16(11-17(26)23-19(12)25)20(27)22-15-8-3-2-4-9-15/h2-10,16H,11H2,1H3,(H,22,27)(H,23,26). The number of nitrogens with one attached hydrogen (secondary N) is 2. The number of benzene rings is 2. The second kappa shape index (κ2) is 6.89. The van der Waals surface area contributed by atoms with Gasteiger partial charge in [0.25, 0.3) is 0 Å². The van der Waals surface area contributed by atoms with E-state index in [1.165, 1.54) is 0 Å². The van der Waals surface area contributed by atoms with Crippen LogP contribution in [0.5, 0.6) is 0 Å². The number of rotatable bonds is 3. The fourth-order valence-corrected chi connectivity index (χ4v) is 3.39. The Kier molecular flexibility index (Phi) is 4.41. The maximum atomic E-state index is 12.8. The largest absolute Gasteiger partial charge is 0.324 e. The second-order valence-corrected chi connectivity index (χ2v) is 6.84. The molecule has 136 valence electrons. The van der Waals surface area contributed by atoms with Crippen molar-refractivity contribution in [3.63, 3.8) is 0 Å². The van der Waals surface area contributed by atoms with Crippen molar-refractivity contribution in [1.29, 1.82) is 0 Å². The lowest BCUT2D eigenvalue weighted by molar-refractivity contribution is -0.125. The van der Waals surface area contributed by atoms with Crippen LogP contribution in [0.3, 0.4) is 0 Å². The molecule has 0 bridgehead atoms. The van der Waals surface area contributed by atoms with Gasteiger partial charge in [-0.1, -0.05) is 41.9 Å².